The number of guanidine groups is 1. The Bertz CT molecular complexity index is 1270. The third kappa shape index (κ3) is 5.87. The number of thioether (sulfide) groups is 1. The summed E-state index contributed by atoms with van der Waals surface area (Å²) in [6.45, 7) is 1.36. The average Bonchev–Trinajstić information content (AvgIpc) is 3.28. The van der Waals surface area contributed by atoms with Crippen LogP contribution in [0, 0.1) is 23.1 Å². The van der Waals surface area contributed by atoms with Gasteiger partial charge in [-0.2, -0.15) is 15.4 Å². The highest BCUT2D eigenvalue weighted by atomic mass is 32.2. The van der Waals surface area contributed by atoms with Crippen molar-refractivity contribution in [1.29, 1.82) is 5.26 Å². The third-order valence-corrected chi connectivity index (χ3v) is 7.07. The minimum absolute atomic E-state index is 0.0767. The smallest absolute Gasteiger partial charge is 0.365 e. The summed E-state index contributed by atoms with van der Waals surface area (Å²) in [7, 11) is 2.71. The molecule has 0 fully saturated rings. The molecule has 0 aromatic heterocycles. The van der Waals surface area contributed by atoms with Gasteiger partial charge in [0.2, 0.25) is 18.1 Å². The van der Waals surface area contributed by atoms with Crippen molar-refractivity contribution in [1.82, 2.24) is 15.0 Å². The van der Waals surface area contributed by atoms with E-state index in [2.05, 4.69) is 10.1 Å². The van der Waals surface area contributed by atoms with Crippen LogP contribution in [0.3, 0.4) is 0 Å². The number of carbonyl (C=O) groups excluding carboxylic acids is 2. The number of hydrogen-bond acceptors (Lipinski definition) is 7. The van der Waals surface area contributed by atoms with Crippen molar-refractivity contribution in [2.75, 3.05) is 20.7 Å². The number of amides is 3. The molecule has 2 N–H and O–H groups in total. The molecule has 1 heterocycles. The van der Waals surface area contributed by atoms with Crippen LogP contribution in [0.1, 0.15) is 30.9 Å². The molecule has 1 unspecified atom stereocenters. The van der Waals surface area contributed by atoms with Gasteiger partial charge in [-0.25, -0.2) is 18.6 Å². The Hall–Kier alpha value is -4.02. The van der Waals surface area contributed by atoms with Crippen LogP contribution in [0.4, 0.5) is 13.6 Å². The molecule has 0 saturated heterocycles. The van der Waals surface area contributed by atoms with E-state index in [1.807, 2.05) is 0 Å². The quantitative estimate of drug-likeness (QED) is 0.253. The summed E-state index contributed by atoms with van der Waals surface area (Å²) in [5.74, 6) is -2.04. The molecule has 37 heavy (non-hydrogen) atoms. The zero-order valence-corrected chi connectivity index (χ0v) is 21.2. The zero-order valence-electron chi connectivity index (χ0n) is 20.4. The molecule has 3 amide bonds. The Balaban J connectivity index is 2.07. The standard InChI is InChI=1S/C24H25F2N7O3S/c1-16(34)32(22(28)29-15-27)13-7-12-24(17-8-5-4-6-9-17)33(23(35)31(2)36-3)30-21(37-24)19-14-18(25)10-11-20(19)26/h4-6,8-11,14H,7,12-13H2,1-3H3,(H2,28,29). The topological polar surface area (TPSA) is 128 Å². The van der Waals surface area contributed by atoms with Gasteiger partial charge in [0.1, 0.15) is 21.5 Å². The Morgan fingerprint density at radius 3 is 2.59 bits per heavy atom. The van der Waals surface area contributed by atoms with Crippen molar-refractivity contribution in [2.24, 2.45) is 15.8 Å². The SMILES string of the molecule is CON(C)C(=O)N1N=C(c2cc(F)ccc2F)SC1(CCCN(C(C)=O)C(N)=NC#N)c1ccccc1. The molecule has 1 aliphatic heterocycles. The average molecular weight is 530 g/mol. The van der Waals surface area contributed by atoms with E-state index >= 15 is 0 Å². The molecule has 3 rings (SSSR count). The number of benzene rings is 2. The number of nitrogens with zero attached hydrogens (tertiary/aromatic N) is 6. The fourth-order valence-electron chi connectivity index (χ4n) is 3.78. The maximum absolute atomic E-state index is 14.7. The molecule has 194 valence electrons. The predicted octanol–water partition coefficient (Wildman–Crippen LogP) is 3.57. The number of urea groups is 1. The summed E-state index contributed by atoms with van der Waals surface area (Å²) in [4.78, 5) is 33.9. The van der Waals surface area contributed by atoms with Gasteiger partial charge in [0.15, 0.2) is 0 Å². The number of nitriles is 1. The number of rotatable bonds is 7. The highest BCUT2D eigenvalue weighted by Gasteiger charge is 2.50. The van der Waals surface area contributed by atoms with Crippen LogP contribution in [0.15, 0.2) is 58.6 Å². The highest BCUT2D eigenvalue weighted by molar-refractivity contribution is 8.15. The van der Waals surface area contributed by atoms with Gasteiger partial charge in [0.25, 0.3) is 0 Å². The van der Waals surface area contributed by atoms with Gasteiger partial charge in [-0.05, 0) is 36.6 Å². The number of aliphatic imine (C=N–C) groups is 1. The largest absolute Gasteiger partial charge is 0.369 e. The van der Waals surface area contributed by atoms with Crippen molar-refractivity contribution in [2.45, 2.75) is 24.6 Å². The van der Waals surface area contributed by atoms with Crippen LogP contribution < -0.4 is 5.73 Å². The predicted molar refractivity (Wildman–Crippen MR) is 134 cm³/mol. The monoisotopic (exact) mass is 529 g/mol. The second-order valence-electron chi connectivity index (χ2n) is 7.90. The molecule has 0 radical (unpaired) electrons. The van der Waals surface area contributed by atoms with Crippen LogP contribution >= 0.6 is 11.8 Å². The number of carbonyl (C=O) groups is 2. The first-order valence-corrected chi connectivity index (χ1v) is 11.9. The van der Waals surface area contributed by atoms with Crippen LogP contribution in [-0.2, 0) is 14.5 Å². The summed E-state index contributed by atoms with van der Waals surface area (Å²) in [6.07, 6.45) is 2.03. The number of hydrazone groups is 1. The van der Waals surface area contributed by atoms with Crippen molar-refractivity contribution in [3.8, 4) is 6.19 Å². The lowest BCUT2D eigenvalue weighted by Crippen LogP contribution is -2.47. The van der Waals surface area contributed by atoms with Gasteiger partial charge < -0.3 is 5.73 Å². The Morgan fingerprint density at radius 1 is 1.27 bits per heavy atom. The molecule has 10 nitrogen and oxygen atoms in total. The van der Waals surface area contributed by atoms with Crippen molar-refractivity contribution in [3.05, 3.63) is 71.3 Å². The van der Waals surface area contributed by atoms with E-state index in [1.54, 1.807) is 36.5 Å². The fourth-order valence-corrected chi connectivity index (χ4v) is 5.19. The molecule has 1 atom stereocenters. The van der Waals surface area contributed by atoms with Gasteiger partial charge in [-0.15, -0.1) is 4.99 Å². The van der Waals surface area contributed by atoms with Crippen LogP contribution in [0.5, 0.6) is 0 Å². The van der Waals surface area contributed by atoms with Gasteiger partial charge in [-0.3, -0.25) is 14.5 Å². The first-order valence-electron chi connectivity index (χ1n) is 11.1. The first-order chi connectivity index (χ1) is 17.6. The minimum atomic E-state index is -1.22. The van der Waals surface area contributed by atoms with Crippen LogP contribution in [-0.4, -0.2) is 58.6 Å². The number of hydroxylamine groups is 2. The summed E-state index contributed by atoms with van der Waals surface area (Å²) >= 11 is 1.08. The Labute approximate surface area is 216 Å². The van der Waals surface area contributed by atoms with E-state index in [9.17, 15) is 18.4 Å². The molecule has 0 spiro atoms. The van der Waals surface area contributed by atoms with E-state index < -0.39 is 28.4 Å². The van der Waals surface area contributed by atoms with Gasteiger partial charge in [0.05, 0.1) is 7.11 Å². The summed E-state index contributed by atoms with van der Waals surface area (Å²) in [5.41, 5.74) is 6.32. The summed E-state index contributed by atoms with van der Waals surface area (Å²) in [6, 6.07) is 11.3. The molecule has 13 heteroatoms. The minimum Gasteiger partial charge on any atom is -0.369 e. The van der Waals surface area contributed by atoms with Crippen molar-refractivity contribution >= 4 is 34.7 Å². The molecular weight excluding hydrogens is 504 g/mol. The van der Waals surface area contributed by atoms with E-state index in [0.29, 0.717) is 5.56 Å². The van der Waals surface area contributed by atoms with Crippen LogP contribution in [0.25, 0.3) is 0 Å². The lowest BCUT2D eigenvalue weighted by atomic mass is 10.00. The molecule has 0 saturated carbocycles. The Morgan fingerprint density at radius 2 is 1.97 bits per heavy atom. The second-order valence-corrected chi connectivity index (χ2v) is 9.17. The lowest BCUT2D eigenvalue weighted by molar-refractivity contribution is -0.125. The third-order valence-electron chi connectivity index (χ3n) is 5.63. The normalized spacial score (nSPS) is 17.2. The summed E-state index contributed by atoms with van der Waals surface area (Å²) < 4.78 is 28.8. The lowest BCUT2D eigenvalue weighted by Gasteiger charge is -2.37. The van der Waals surface area contributed by atoms with E-state index in [4.69, 9.17) is 15.8 Å². The van der Waals surface area contributed by atoms with E-state index in [-0.39, 0.29) is 36.0 Å². The molecule has 2 aromatic rings. The molecular formula is C24H25F2N7O3S. The van der Waals surface area contributed by atoms with Crippen molar-refractivity contribution in [3.63, 3.8) is 0 Å². The van der Waals surface area contributed by atoms with Crippen molar-refractivity contribution < 1.29 is 23.2 Å². The van der Waals surface area contributed by atoms with Gasteiger partial charge in [-0.1, -0.05) is 42.1 Å². The van der Waals surface area contributed by atoms with E-state index in [1.165, 1.54) is 26.1 Å². The highest BCUT2D eigenvalue weighted by Crippen LogP contribution is 2.51. The molecule has 0 bridgehead atoms. The second kappa shape index (κ2) is 11.8. The van der Waals surface area contributed by atoms with Gasteiger partial charge in [0, 0.05) is 26.1 Å². The number of hydrogen-bond donors (Lipinski definition) is 1. The van der Waals surface area contributed by atoms with E-state index in [0.717, 1.165) is 39.9 Å². The maximum Gasteiger partial charge on any atom is 0.365 e. The molecule has 2 aromatic carbocycles. The Kier molecular flexibility index (Phi) is 8.80. The fraction of sp³-hybridized carbons (Fsp3) is 0.292. The number of halogens is 2. The maximum atomic E-state index is 14.7. The van der Waals surface area contributed by atoms with Gasteiger partial charge >= 0.3 is 6.03 Å². The first kappa shape index (κ1) is 27.6. The zero-order chi connectivity index (χ0) is 27.2. The summed E-state index contributed by atoms with van der Waals surface area (Å²) in [5, 5.41) is 15.5. The van der Waals surface area contributed by atoms with Crippen LogP contribution in [0.2, 0.25) is 0 Å². The molecule has 0 aliphatic carbocycles. The number of nitrogens with two attached hydrogens (primary N) is 1. The molecule has 1 aliphatic rings.